The summed E-state index contributed by atoms with van der Waals surface area (Å²) in [6.45, 7) is 2.28. The number of carbonyl (C=O) groups excluding carboxylic acids is 1. The van der Waals surface area contributed by atoms with E-state index in [1.165, 1.54) is 31.4 Å². The Morgan fingerprint density at radius 2 is 2.12 bits per heavy atom. The summed E-state index contributed by atoms with van der Waals surface area (Å²) in [5.74, 6) is 0.461. The van der Waals surface area contributed by atoms with Gasteiger partial charge in [0.15, 0.2) is 11.5 Å². The molecule has 0 bridgehead atoms. The topological polar surface area (TPSA) is 90.7 Å². The van der Waals surface area contributed by atoms with Crippen molar-refractivity contribution in [2.75, 3.05) is 19.0 Å². The molecule has 0 aliphatic rings. The lowest BCUT2D eigenvalue weighted by atomic mass is 10.2. The van der Waals surface area contributed by atoms with Crippen molar-refractivity contribution in [1.82, 2.24) is 0 Å². The first kappa shape index (κ1) is 19.3. The number of nitrogens with zero attached hydrogens (tertiary/aromatic N) is 1. The van der Waals surface area contributed by atoms with Crippen LogP contribution in [0, 0.1) is 10.1 Å². The second kappa shape index (κ2) is 8.87. The third-order valence-corrected chi connectivity index (χ3v) is 3.57. The molecule has 2 aromatic rings. The van der Waals surface area contributed by atoms with Gasteiger partial charge in [-0.3, -0.25) is 14.9 Å². The number of hydrogen-bond acceptors (Lipinski definition) is 5. The average molecular weight is 377 g/mol. The largest absolute Gasteiger partial charge is 0.493 e. The van der Waals surface area contributed by atoms with Crippen molar-refractivity contribution in [3.05, 3.63) is 63.2 Å². The van der Waals surface area contributed by atoms with Gasteiger partial charge >= 0.3 is 0 Å². The van der Waals surface area contributed by atoms with Crippen molar-refractivity contribution >= 4 is 35.0 Å². The Balaban J connectivity index is 2.14. The summed E-state index contributed by atoms with van der Waals surface area (Å²) in [5.41, 5.74) is 0.871. The molecule has 2 aromatic carbocycles. The summed E-state index contributed by atoms with van der Waals surface area (Å²) in [6.07, 6.45) is 2.85. The smallest absolute Gasteiger partial charge is 0.271 e. The number of amides is 1. The van der Waals surface area contributed by atoms with E-state index in [4.69, 9.17) is 21.1 Å². The fourth-order valence-electron chi connectivity index (χ4n) is 2.17. The summed E-state index contributed by atoms with van der Waals surface area (Å²) in [4.78, 5) is 22.3. The normalized spacial score (nSPS) is 10.6. The molecule has 136 valence electrons. The van der Waals surface area contributed by atoms with Crippen molar-refractivity contribution in [3.8, 4) is 11.5 Å². The molecule has 0 saturated heterocycles. The summed E-state index contributed by atoms with van der Waals surface area (Å²) in [6, 6.07) is 9.02. The Morgan fingerprint density at radius 3 is 2.77 bits per heavy atom. The lowest BCUT2D eigenvalue weighted by molar-refractivity contribution is -0.384. The number of anilines is 1. The van der Waals surface area contributed by atoms with Crippen molar-refractivity contribution in [2.45, 2.75) is 6.92 Å². The van der Waals surface area contributed by atoms with E-state index in [-0.39, 0.29) is 5.69 Å². The minimum Gasteiger partial charge on any atom is -0.493 e. The quantitative estimate of drug-likeness (QED) is 0.441. The fraction of sp³-hybridized carbons (Fsp3) is 0.167. The highest BCUT2D eigenvalue weighted by molar-refractivity contribution is 6.32. The van der Waals surface area contributed by atoms with Gasteiger partial charge in [-0.15, -0.1) is 0 Å². The molecule has 0 aliphatic carbocycles. The predicted octanol–water partition coefficient (Wildman–Crippen LogP) is 4.31. The SMILES string of the molecule is CCOc1c(Cl)cc(/C=C/C(=O)Nc2cccc([N+](=O)[O-])c2)cc1OC. The van der Waals surface area contributed by atoms with Crippen LogP contribution in [0.5, 0.6) is 11.5 Å². The number of methoxy groups -OCH3 is 1. The minimum absolute atomic E-state index is 0.102. The molecule has 8 heteroatoms. The number of rotatable bonds is 7. The molecule has 0 aliphatic heterocycles. The van der Waals surface area contributed by atoms with Crippen LogP contribution in [0.3, 0.4) is 0 Å². The van der Waals surface area contributed by atoms with E-state index in [9.17, 15) is 14.9 Å². The molecule has 0 unspecified atom stereocenters. The van der Waals surface area contributed by atoms with E-state index in [2.05, 4.69) is 5.32 Å². The zero-order valence-electron chi connectivity index (χ0n) is 14.2. The molecule has 26 heavy (non-hydrogen) atoms. The van der Waals surface area contributed by atoms with Gasteiger partial charge in [0.1, 0.15) is 0 Å². The van der Waals surface area contributed by atoms with E-state index in [1.807, 2.05) is 6.92 Å². The molecule has 0 saturated carbocycles. The van der Waals surface area contributed by atoms with Gasteiger partial charge in [-0.2, -0.15) is 0 Å². The molecule has 1 amide bonds. The first-order chi connectivity index (χ1) is 12.4. The number of non-ortho nitro benzene ring substituents is 1. The van der Waals surface area contributed by atoms with Crippen molar-refractivity contribution in [2.24, 2.45) is 0 Å². The average Bonchev–Trinajstić information content (AvgIpc) is 2.62. The maximum absolute atomic E-state index is 12.0. The second-order valence-electron chi connectivity index (χ2n) is 5.10. The van der Waals surface area contributed by atoms with Crippen molar-refractivity contribution in [1.29, 1.82) is 0 Å². The van der Waals surface area contributed by atoms with E-state index >= 15 is 0 Å². The van der Waals surface area contributed by atoms with E-state index in [0.29, 0.717) is 34.4 Å². The molecule has 7 nitrogen and oxygen atoms in total. The molecule has 1 N–H and O–H groups in total. The third-order valence-electron chi connectivity index (χ3n) is 3.29. The highest BCUT2D eigenvalue weighted by Crippen LogP contribution is 2.36. The van der Waals surface area contributed by atoms with Gasteiger partial charge in [-0.25, -0.2) is 0 Å². The zero-order chi connectivity index (χ0) is 19.1. The Morgan fingerprint density at radius 1 is 1.35 bits per heavy atom. The highest BCUT2D eigenvalue weighted by atomic mass is 35.5. The van der Waals surface area contributed by atoms with Gasteiger partial charge < -0.3 is 14.8 Å². The Labute approximate surface area is 155 Å². The molecular weight excluding hydrogens is 360 g/mol. The highest BCUT2D eigenvalue weighted by Gasteiger charge is 2.11. The van der Waals surface area contributed by atoms with Crippen LogP contribution in [-0.2, 0) is 4.79 Å². The number of halogens is 1. The third kappa shape index (κ3) is 4.97. The standard InChI is InChI=1S/C18H17ClN2O5/c1-3-26-18-15(19)9-12(10-16(18)25-2)7-8-17(22)20-13-5-4-6-14(11-13)21(23)24/h4-11H,3H2,1-2H3,(H,20,22)/b8-7+. The summed E-state index contributed by atoms with van der Waals surface area (Å²) < 4.78 is 10.7. The van der Waals surface area contributed by atoms with E-state index in [0.717, 1.165) is 0 Å². The van der Waals surface area contributed by atoms with Gasteiger partial charge in [0.25, 0.3) is 5.69 Å². The summed E-state index contributed by atoms with van der Waals surface area (Å²) in [5, 5.41) is 13.7. The minimum atomic E-state index is -0.528. The van der Waals surface area contributed by atoms with Crippen LogP contribution < -0.4 is 14.8 Å². The molecule has 2 rings (SSSR count). The van der Waals surface area contributed by atoms with E-state index < -0.39 is 10.8 Å². The van der Waals surface area contributed by atoms with Crippen molar-refractivity contribution < 1.29 is 19.2 Å². The predicted molar refractivity (Wildman–Crippen MR) is 99.9 cm³/mol. The molecule has 0 aromatic heterocycles. The zero-order valence-corrected chi connectivity index (χ0v) is 14.9. The first-order valence-electron chi connectivity index (χ1n) is 7.68. The molecule has 0 spiro atoms. The molecule has 0 radical (unpaired) electrons. The molecule has 0 fully saturated rings. The van der Waals surface area contributed by atoms with Crippen LogP contribution in [-0.4, -0.2) is 24.5 Å². The monoisotopic (exact) mass is 376 g/mol. The molecule has 0 atom stereocenters. The number of nitro groups is 1. The van der Waals surface area contributed by atoms with Crippen LogP contribution in [0.15, 0.2) is 42.5 Å². The van der Waals surface area contributed by atoms with E-state index in [1.54, 1.807) is 24.3 Å². The summed E-state index contributed by atoms with van der Waals surface area (Å²) in [7, 11) is 1.50. The Bertz CT molecular complexity index is 851. The lowest BCUT2D eigenvalue weighted by Crippen LogP contribution is -2.07. The van der Waals surface area contributed by atoms with Gasteiger partial charge in [0.05, 0.1) is 23.7 Å². The van der Waals surface area contributed by atoms with Gasteiger partial charge in [0.2, 0.25) is 5.91 Å². The van der Waals surface area contributed by atoms with Gasteiger partial charge in [0, 0.05) is 23.9 Å². The first-order valence-corrected chi connectivity index (χ1v) is 8.06. The number of carbonyl (C=O) groups is 1. The molecule has 0 heterocycles. The number of nitrogens with one attached hydrogen (secondary N) is 1. The number of benzene rings is 2. The van der Waals surface area contributed by atoms with Crippen molar-refractivity contribution in [3.63, 3.8) is 0 Å². The maximum atomic E-state index is 12.0. The molecular formula is C18H17ClN2O5. The van der Waals surface area contributed by atoms with Gasteiger partial charge in [-0.1, -0.05) is 17.7 Å². The lowest BCUT2D eigenvalue weighted by Gasteiger charge is -2.11. The maximum Gasteiger partial charge on any atom is 0.271 e. The van der Waals surface area contributed by atoms with Crippen LogP contribution in [0.25, 0.3) is 6.08 Å². The second-order valence-corrected chi connectivity index (χ2v) is 5.50. The summed E-state index contributed by atoms with van der Waals surface area (Å²) >= 11 is 6.18. The number of hydrogen-bond donors (Lipinski definition) is 1. The van der Waals surface area contributed by atoms with Gasteiger partial charge in [-0.05, 0) is 36.8 Å². The van der Waals surface area contributed by atoms with Crippen LogP contribution in [0.4, 0.5) is 11.4 Å². The Hall–Kier alpha value is -3.06. The van der Waals surface area contributed by atoms with Crippen LogP contribution in [0.1, 0.15) is 12.5 Å². The number of nitro benzene ring substituents is 1. The van der Waals surface area contributed by atoms with Crippen LogP contribution in [0.2, 0.25) is 5.02 Å². The van der Waals surface area contributed by atoms with Crippen LogP contribution >= 0.6 is 11.6 Å². The fourth-order valence-corrected chi connectivity index (χ4v) is 2.45. The number of ether oxygens (including phenoxy) is 2. The Kier molecular flexibility index (Phi) is 6.57.